The molecule has 1 aromatic rings. The molecule has 0 amide bonds. The van der Waals surface area contributed by atoms with Crippen LogP contribution in [0.2, 0.25) is 0 Å². The number of H-pyrrole nitrogens is 1. The first kappa shape index (κ1) is 16.4. The Kier molecular flexibility index (Phi) is 4.20. The zero-order valence-electron chi connectivity index (χ0n) is 11.8. The maximum absolute atomic E-state index is 12.0. The van der Waals surface area contributed by atoms with Crippen LogP contribution in [0, 0.1) is 0 Å². The zero-order chi connectivity index (χ0) is 16.7. The van der Waals surface area contributed by atoms with Gasteiger partial charge < -0.3 is 24.8 Å². The van der Waals surface area contributed by atoms with Gasteiger partial charge in [0.2, 0.25) is 0 Å². The Morgan fingerprint density at radius 2 is 2.14 bits per heavy atom. The topological polar surface area (TPSA) is 151 Å². The highest BCUT2D eigenvalue weighted by Gasteiger charge is 2.53. The number of nitrogens with zero attached hydrogens (tertiary/aromatic N) is 1. The molecule has 2 rings (SSSR count). The first-order valence-corrected chi connectivity index (χ1v) is 6.35. The Hall–Kier alpha value is -2.01. The molecular weight excluding hydrogens is 300 g/mol. The molecule has 0 aliphatic carbocycles. The van der Waals surface area contributed by atoms with E-state index in [4.69, 9.17) is 9.84 Å². The summed E-state index contributed by atoms with van der Waals surface area (Å²) in [5.41, 5.74) is -4.16. The van der Waals surface area contributed by atoms with Gasteiger partial charge in [0, 0.05) is 6.20 Å². The predicted molar refractivity (Wildman–Crippen MR) is 70.3 cm³/mol. The second-order valence-electron chi connectivity index (χ2n) is 4.99. The van der Waals surface area contributed by atoms with Crippen LogP contribution in [0.5, 0.6) is 0 Å². The summed E-state index contributed by atoms with van der Waals surface area (Å²) >= 11 is 0. The highest BCUT2D eigenvalue weighted by Crippen LogP contribution is 2.34. The third kappa shape index (κ3) is 2.35. The number of aromatic amines is 1. The van der Waals surface area contributed by atoms with E-state index in [1.54, 1.807) is 0 Å². The lowest BCUT2D eigenvalue weighted by Crippen LogP contribution is -2.50. The first-order valence-electron chi connectivity index (χ1n) is 6.35. The van der Waals surface area contributed by atoms with Crippen LogP contribution in [0.1, 0.15) is 17.3 Å². The minimum atomic E-state index is -1.78. The quantitative estimate of drug-likeness (QED) is 0.434. The molecule has 0 radical (unpaired) electrons. The number of hydrogen-bond donors (Lipinski definition) is 4. The minimum Gasteiger partial charge on any atom is -0.465 e. The van der Waals surface area contributed by atoms with E-state index in [-0.39, 0.29) is 0 Å². The van der Waals surface area contributed by atoms with Crippen molar-refractivity contribution in [1.82, 2.24) is 9.55 Å². The highest BCUT2D eigenvalue weighted by atomic mass is 16.6. The smallest absolute Gasteiger partial charge is 0.345 e. The number of ether oxygens (including phenoxy) is 2. The molecule has 1 aromatic heterocycles. The summed E-state index contributed by atoms with van der Waals surface area (Å²) < 4.78 is 10.5. The van der Waals surface area contributed by atoms with E-state index in [9.17, 15) is 24.6 Å². The van der Waals surface area contributed by atoms with Crippen molar-refractivity contribution in [2.75, 3.05) is 13.7 Å². The van der Waals surface area contributed by atoms with Gasteiger partial charge in [0.1, 0.15) is 23.9 Å². The van der Waals surface area contributed by atoms with E-state index in [0.717, 1.165) is 17.9 Å². The molecule has 0 saturated carbocycles. The first-order chi connectivity index (χ1) is 10.3. The van der Waals surface area contributed by atoms with Gasteiger partial charge in [0.15, 0.2) is 5.72 Å². The number of hydrogen-bond acceptors (Lipinski definition) is 8. The van der Waals surface area contributed by atoms with Crippen molar-refractivity contribution in [3.63, 3.8) is 0 Å². The molecular formula is C12H16N2O8. The molecule has 0 aromatic carbocycles. The molecule has 0 unspecified atom stereocenters. The molecule has 1 fully saturated rings. The Bertz CT molecular complexity index is 695. The molecule has 1 aliphatic heterocycles. The van der Waals surface area contributed by atoms with Crippen LogP contribution in [0.25, 0.3) is 0 Å². The lowest BCUT2D eigenvalue weighted by molar-refractivity contribution is -0.137. The van der Waals surface area contributed by atoms with Crippen LogP contribution in [0.3, 0.4) is 0 Å². The number of rotatable bonds is 3. The third-order valence-corrected chi connectivity index (χ3v) is 3.65. The minimum absolute atomic E-state index is 0.471. The number of esters is 1. The molecule has 4 atom stereocenters. The van der Waals surface area contributed by atoms with E-state index < -0.39 is 53.4 Å². The summed E-state index contributed by atoms with van der Waals surface area (Å²) in [7, 11) is 1.06. The average molecular weight is 316 g/mol. The van der Waals surface area contributed by atoms with Gasteiger partial charge in [-0.2, -0.15) is 0 Å². The van der Waals surface area contributed by atoms with Crippen LogP contribution in [0.15, 0.2) is 15.8 Å². The molecule has 1 saturated heterocycles. The van der Waals surface area contributed by atoms with E-state index >= 15 is 0 Å². The normalized spacial score (nSPS) is 31.2. The second kappa shape index (κ2) is 5.65. The van der Waals surface area contributed by atoms with E-state index in [2.05, 4.69) is 4.74 Å². The summed E-state index contributed by atoms with van der Waals surface area (Å²) in [6, 6.07) is 0. The molecule has 4 N–H and O–H groups in total. The van der Waals surface area contributed by atoms with Crippen molar-refractivity contribution in [1.29, 1.82) is 0 Å². The fraction of sp³-hybridized carbons (Fsp3) is 0.583. The van der Waals surface area contributed by atoms with Gasteiger partial charge in [0.05, 0.1) is 13.7 Å². The van der Waals surface area contributed by atoms with Crippen LogP contribution < -0.4 is 11.2 Å². The van der Waals surface area contributed by atoms with Gasteiger partial charge in [0.25, 0.3) is 5.56 Å². The van der Waals surface area contributed by atoms with Gasteiger partial charge in [-0.25, -0.2) is 9.59 Å². The summed E-state index contributed by atoms with van der Waals surface area (Å²) in [4.78, 5) is 37.0. The van der Waals surface area contributed by atoms with Crippen molar-refractivity contribution in [2.24, 2.45) is 0 Å². The van der Waals surface area contributed by atoms with Crippen molar-refractivity contribution < 1.29 is 29.6 Å². The van der Waals surface area contributed by atoms with Crippen LogP contribution in [-0.2, 0) is 15.2 Å². The zero-order valence-corrected chi connectivity index (χ0v) is 11.8. The van der Waals surface area contributed by atoms with Crippen molar-refractivity contribution in [2.45, 2.75) is 31.0 Å². The molecule has 10 heteroatoms. The lowest BCUT2D eigenvalue weighted by atomic mass is 10.0. The number of nitrogens with one attached hydrogen (secondary N) is 1. The fourth-order valence-corrected chi connectivity index (χ4v) is 2.37. The van der Waals surface area contributed by atoms with Gasteiger partial charge in [-0.1, -0.05) is 0 Å². The number of aliphatic hydroxyl groups excluding tert-OH is 3. The van der Waals surface area contributed by atoms with Crippen molar-refractivity contribution in [3.8, 4) is 0 Å². The van der Waals surface area contributed by atoms with Gasteiger partial charge in [-0.3, -0.25) is 14.3 Å². The molecule has 1 aliphatic rings. The summed E-state index contributed by atoms with van der Waals surface area (Å²) in [5.74, 6) is -0.981. The average Bonchev–Trinajstić information content (AvgIpc) is 2.71. The van der Waals surface area contributed by atoms with E-state index in [0.29, 0.717) is 0 Å². The highest BCUT2D eigenvalue weighted by molar-refractivity contribution is 5.88. The number of aromatic nitrogens is 2. The molecule has 22 heavy (non-hydrogen) atoms. The number of carbonyl (C=O) groups is 1. The Balaban J connectivity index is 2.60. The monoisotopic (exact) mass is 316 g/mol. The number of carbonyl (C=O) groups excluding carboxylic acids is 1. The Morgan fingerprint density at radius 1 is 1.50 bits per heavy atom. The Morgan fingerprint density at radius 3 is 2.64 bits per heavy atom. The molecule has 2 heterocycles. The van der Waals surface area contributed by atoms with E-state index in [1.807, 2.05) is 4.98 Å². The Labute approximate surface area is 123 Å². The molecule has 0 spiro atoms. The molecule has 0 bridgehead atoms. The van der Waals surface area contributed by atoms with Crippen LogP contribution in [-0.4, -0.2) is 62.9 Å². The fourth-order valence-electron chi connectivity index (χ4n) is 2.37. The van der Waals surface area contributed by atoms with Gasteiger partial charge >= 0.3 is 11.7 Å². The second-order valence-corrected chi connectivity index (χ2v) is 4.99. The SMILES string of the molecule is COC(=O)c1cn([C@]2(C)O[C@H](CO)[C@@H](O)[C@H]2O)c(=O)[nH]c1=O. The van der Waals surface area contributed by atoms with Crippen molar-refractivity contribution in [3.05, 3.63) is 32.6 Å². The maximum Gasteiger partial charge on any atom is 0.345 e. The summed E-state index contributed by atoms with van der Waals surface area (Å²) in [6.07, 6.45) is -3.27. The van der Waals surface area contributed by atoms with Crippen LogP contribution >= 0.6 is 0 Å². The predicted octanol–water partition coefficient (Wildman–Crippen LogP) is -2.89. The molecule has 10 nitrogen and oxygen atoms in total. The lowest BCUT2D eigenvalue weighted by Gasteiger charge is -2.29. The van der Waals surface area contributed by atoms with Crippen LogP contribution in [0.4, 0.5) is 0 Å². The summed E-state index contributed by atoms with van der Waals surface area (Å²) in [5, 5.41) is 29.0. The van der Waals surface area contributed by atoms with E-state index in [1.165, 1.54) is 6.92 Å². The molecule has 122 valence electrons. The van der Waals surface area contributed by atoms with Gasteiger partial charge in [-0.15, -0.1) is 0 Å². The number of methoxy groups -OCH3 is 1. The summed E-state index contributed by atoms with van der Waals surface area (Å²) in [6.45, 7) is 0.688. The third-order valence-electron chi connectivity index (χ3n) is 3.65. The number of aliphatic hydroxyl groups is 3. The standard InChI is InChI=1S/C12H16N2O8/c1-12(8(17)7(16)6(4-15)22-12)14-3-5(10(19)21-2)9(18)13-11(14)20/h3,6-8,15-17H,4H2,1-2H3,(H,13,18,20)/t6-,7-,8-,12-/m1/s1. The van der Waals surface area contributed by atoms with Gasteiger partial charge in [-0.05, 0) is 6.92 Å². The maximum atomic E-state index is 12.0. The van der Waals surface area contributed by atoms with Crippen molar-refractivity contribution >= 4 is 5.97 Å². The largest absolute Gasteiger partial charge is 0.465 e.